The second kappa shape index (κ2) is 5.98. The number of amides is 2. The molecular formula is C17H24N4O2. The van der Waals surface area contributed by atoms with Crippen molar-refractivity contribution in [2.24, 2.45) is 17.8 Å². The summed E-state index contributed by atoms with van der Waals surface area (Å²) in [4.78, 5) is 26.5. The van der Waals surface area contributed by atoms with Crippen LogP contribution in [0.25, 0.3) is 0 Å². The number of aromatic amines is 1. The van der Waals surface area contributed by atoms with Gasteiger partial charge in [0, 0.05) is 25.2 Å². The lowest BCUT2D eigenvalue weighted by atomic mass is 9.68. The molecule has 1 unspecified atom stereocenters. The number of nitrogens with zero attached hydrogens (tertiary/aromatic N) is 2. The number of aromatic nitrogens is 2. The third-order valence-corrected chi connectivity index (χ3v) is 5.92. The molecular weight excluding hydrogens is 292 g/mol. The molecule has 1 aliphatic heterocycles. The minimum atomic E-state index is -0.236. The van der Waals surface area contributed by atoms with Gasteiger partial charge in [0.2, 0.25) is 11.8 Å². The number of H-pyrrole nitrogens is 1. The number of carbonyl (C=O) groups is 2. The van der Waals surface area contributed by atoms with Gasteiger partial charge < -0.3 is 10.2 Å². The van der Waals surface area contributed by atoms with Crippen molar-refractivity contribution in [3.63, 3.8) is 0 Å². The lowest BCUT2D eigenvalue weighted by molar-refractivity contribution is -0.128. The molecule has 0 aromatic carbocycles. The SMILES string of the molecule is O=C(NC1C2CCCC1CCC2)C1CC(=O)N(c2cn[nH]c2)C1. The predicted molar refractivity (Wildman–Crippen MR) is 85.7 cm³/mol. The van der Waals surface area contributed by atoms with Crippen LogP contribution in [0.1, 0.15) is 44.9 Å². The highest BCUT2D eigenvalue weighted by Gasteiger charge is 2.40. The van der Waals surface area contributed by atoms with E-state index in [1.54, 1.807) is 17.3 Å². The molecule has 2 heterocycles. The van der Waals surface area contributed by atoms with Crippen molar-refractivity contribution >= 4 is 17.5 Å². The van der Waals surface area contributed by atoms with Gasteiger partial charge in [-0.15, -0.1) is 0 Å². The van der Waals surface area contributed by atoms with Crippen LogP contribution < -0.4 is 10.2 Å². The maximum Gasteiger partial charge on any atom is 0.227 e. The third-order valence-electron chi connectivity index (χ3n) is 5.92. The van der Waals surface area contributed by atoms with Crippen molar-refractivity contribution < 1.29 is 9.59 Å². The molecule has 6 nitrogen and oxygen atoms in total. The van der Waals surface area contributed by atoms with Crippen LogP contribution in [0.3, 0.4) is 0 Å². The van der Waals surface area contributed by atoms with E-state index in [2.05, 4.69) is 15.5 Å². The highest BCUT2D eigenvalue weighted by molar-refractivity contribution is 6.00. The van der Waals surface area contributed by atoms with E-state index >= 15 is 0 Å². The first-order valence-corrected chi connectivity index (χ1v) is 8.82. The fourth-order valence-corrected chi connectivity index (χ4v) is 4.72. The van der Waals surface area contributed by atoms with Crippen LogP contribution >= 0.6 is 0 Å². The van der Waals surface area contributed by atoms with E-state index in [1.165, 1.54) is 38.5 Å². The Hall–Kier alpha value is -1.85. The van der Waals surface area contributed by atoms with Crippen LogP contribution in [-0.2, 0) is 9.59 Å². The average molecular weight is 316 g/mol. The van der Waals surface area contributed by atoms with Crippen LogP contribution in [0, 0.1) is 17.8 Å². The van der Waals surface area contributed by atoms with Crippen molar-refractivity contribution in [1.82, 2.24) is 15.5 Å². The molecule has 3 aliphatic rings. The number of hydrogen-bond acceptors (Lipinski definition) is 3. The van der Waals surface area contributed by atoms with Crippen LogP contribution in [0.15, 0.2) is 12.4 Å². The Morgan fingerprint density at radius 3 is 2.52 bits per heavy atom. The van der Waals surface area contributed by atoms with Crippen LogP contribution in [0.2, 0.25) is 0 Å². The van der Waals surface area contributed by atoms with Crippen LogP contribution in [0.4, 0.5) is 5.69 Å². The normalized spacial score (nSPS) is 33.7. The van der Waals surface area contributed by atoms with Gasteiger partial charge >= 0.3 is 0 Å². The van der Waals surface area contributed by atoms with E-state index in [1.807, 2.05) is 0 Å². The molecule has 0 spiro atoms. The third kappa shape index (κ3) is 2.75. The number of rotatable bonds is 3. The Labute approximate surface area is 136 Å². The largest absolute Gasteiger partial charge is 0.353 e. The molecule has 1 atom stereocenters. The second-order valence-electron chi connectivity index (χ2n) is 7.28. The molecule has 1 saturated heterocycles. The van der Waals surface area contributed by atoms with Gasteiger partial charge in [-0.3, -0.25) is 14.7 Å². The van der Waals surface area contributed by atoms with Crippen molar-refractivity contribution in [3.05, 3.63) is 12.4 Å². The summed E-state index contributed by atoms with van der Waals surface area (Å²) >= 11 is 0. The van der Waals surface area contributed by atoms with Gasteiger partial charge in [0.25, 0.3) is 0 Å². The minimum Gasteiger partial charge on any atom is -0.353 e. The molecule has 23 heavy (non-hydrogen) atoms. The Kier molecular flexibility index (Phi) is 3.83. The minimum absolute atomic E-state index is 0.00962. The Balaban J connectivity index is 1.41. The number of hydrogen-bond donors (Lipinski definition) is 2. The lowest BCUT2D eigenvalue weighted by Gasteiger charge is -2.43. The fourth-order valence-electron chi connectivity index (χ4n) is 4.72. The summed E-state index contributed by atoms with van der Waals surface area (Å²) < 4.78 is 0. The number of fused-ring (bicyclic) bond motifs is 2. The number of anilines is 1. The van der Waals surface area contributed by atoms with Gasteiger partial charge in [0.15, 0.2) is 0 Å². The van der Waals surface area contributed by atoms with E-state index in [-0.39, 0.29) is 17.7 Å². The summed E-state index contributed by atoms with van der Waals surface area (Å²) in [6.45, 7) is 0.465. The van der Waals surface area contributed by atoms with Gasteiger partial charge in [0.1, 0.15) is 0 Å². The molecule has 2 amide bonds. The molecule has 2 N–H and O–H groups in total. The first-order chi connectivity index (χ1) is 11.2. The van der Waals surface area contributed by atoms with E-state index in [0.29, 0.717) is 30.8 Å². The lowest BCUT2D eigenvalue weighted by Crippen LogP contribution is -2.51. The zero-order chi connectivity index (χ0) is 15.8. The zero-order valence-corrected chi connectivity index (χ0v) is 13.3. The van der Waals surface area contributed by atoms with E-state index < -0.39 is 0 Å². The molecule has 1 aromatic heterocycles. The highest BCUT2D eigenvalue weighted by atomic mass is 16.2. The monoisotopic (exact) mass is 316 g/mol. The summed E-state index contributed by atoms with van der Waals surface area (Å²) in [5, 5.41) is 9.91. The van der Waals surface area contributed by atoms with Crippen LogP contribution in [0.5, 0.6) is 0 Å². The Morgan fingerprint density at radius 1 is 1.22 bits per heavy atom. The highest BCUT2D eigenvalue weighted by Crippen LogP contribution is 2.40. The zero-order valence-electron chi connectivity index (χ0n) is 13.3. The molecule has 0 radical (unpaired) electrons. The maximum absolute atomic E-state index is 12.7. The van der Waals surface area contributed by atoms with Gasteiger partial charge in [-0.1, -0.05) is 12.8 Å². The topological polar surface area (TPSA) is 78.1 Å². The molecule has 2 bridgehead atoms. The molecule has 4 rings (SSSR count). The molecule has 1 aromatic rings. The van der Waals surface area contributed by atoms with Crippen molar-refractivity contribution in [2.75, 3.05) is 11.4 Å². The fraction of sp³-hybridized carbons (Fsp3) is 0.706. The summed E-state index contributed by atoms with van der Waals surface area (Å²) in [6, 6.07) is 0.336. The number of nitrogens with one attached hydrogen (secondary N) is 2. The van der Waals surface area contributed by atoms with Crippen molar-refractivity contribution in [2.45, 2.75) is 51.0 Å². The quantitative estimate of drug-likeness (QED) is 0.893. The molecule has 6 heteroatoms. The molecule has 2 saturated carbocycles. The van der Waals surface area contributed by atoms with Gasteiger partial charge in [-0.25, -0.2) is 0 Å². The number of carbonyl (C=O) groups excluding carboxylic acids is 2. The summed E-state index contributed by atoms with van der Waals surface area (Å²) in [7, 11) is 0. The van der Waals surface area contributed by atoms with E-state index in [4.69, 9.17) is 0 Å². The predicted octanol–water partition coefficient (Wildman–Crippen LogP) is 1.85. The average Bonchev–Trinajstić information content (AvgIpc) is 3.16. The van der Waals surface area contributed by atoms with Gasteiger partial charge in [-0.05, 0) is 37.5 Å². The first-order valence-electron chi connectivity index (χ1n) is 8.82. The molecule has 2 aliphatic carbocycles. The van der Waals surface area contributed by atoms with E-state index in [0.717, 1.165) is 5.69 Å². The Morgan fingerprint density at radius 2 is 1.91 bits per heavy atom. The van der Waals surface area contributed by atoms with Gasteiger partial charge in [-0.2, -0.15) is 5.10 Å². The second-order valence-corrected chi connectivity index (χ2v) is 7.28. The smallest absolute Gasteiger partial charge is 0.227 e. The van der Waals surface area contributed by atoms with Crippen molar-refractivity contribution in [1.29, 1.82) is 0 Å². The summed E-state index contributed by atoms with van der Waals surface area (Å²) in [5.41, 5.74) is 0.750. The standard InChI is InChI=1S/C17H24N4O2/c22-15-7-13(10-21(15)14-8-18-19-9-14)17(23)20-16-11-3-1-4-12(16)6-2-5-11/h8-9,11-13,16H,1-7,10H2,(H,18,19)(H,20,23). The van der Waals surface area contributed by atoms with E-state index in [9.17, 15) is 9.59 Å². The molecule has 3 fully saturated rings. The van der Waals surface area contributed by atoms with Crippen LogP contribution in [-0.4, -0.2) is 34.6 Å². The van der Waals surface area contributed by atoms with Crippen molar-refractivity contribution in [3.8, 4) is 0 Å². The summed E-state index contributed by atoms with van der Waals surface area (Å²) in [5.74, 6) is 1.13. The summed E-state index contributed by atoms with van der Waals surface area (Å²) in [6.07, 6.45) is 11.2. The first kappa shape index (κ1) is 14.7. The maximum atomic E-state index is 12.7. The molecule has 124 valence electrons. The van der Waals surface area contributed by atoms with Gasteiger partial charge in [0.05, 0.1) is 17.8 Å². The Bertz CT molecular complexity index is 563.